The van der Waals surface area contributed by atoms with Crippen LogP contribution < -0.4 is 5.32 Å². The molecule has 7 heteroatoms. The number of nitrogens with one attached hydrogen (secondary N) is 2. The molecule has 7 nitrogen and oxygen atoms in total. The second kappa shape index (κ2) is 6.31. The van der Waals surface area contributed by atoms with Crippen molar-refractivity contribution < 1.29 is 9.32 Å². The molecule has 0 spiro atoms. The number of hydrogen-bond donors (Lipinski definition) is 2. The molecule has 1 fully saturated rings. The largest absolute Gasteiger partial charge is 0.360 e. The van der Waals surface area contributed by atoms with Gasteiger partial charge in [-0.1, -0.05) is 5.16 Å². The Hall–Kier alpha value is -2.15. The van der Waals surface area contributed by atoms with Gasteiger partial charge in [-0.2, -0.15) is 5.10 Å². The predicted octanol–water partition coefficient (Wildman–Crippen LogP) is 1.91. The van der Waals surface area contributed by atoms with Crippen molar-refractivity contribution in [2.45, 2.75) is 38.6 Å². The number of carbonyl (C=O) groups excluding carboxylic acids is 1. The van der Waals surface area contributed by atoms with E-state index >= 15 is 0 Å². The molecule has 0 bridgehead atoms. The monoisotopic (exact) mass is 303 g/mol. The number of rotatable bonds is 4. The molecule has 2 N–H and O–H groups in total. The first-order chi connectivity index (χ1) is 10.6. The molecule has 2 aromatic heterocycles. The van der Waals surface area contributed by atoms with Crippen LogP contribution in [0.15, 0.2) is 22.9 Å². The lowest BCUT2D eigenvalue weighted by Gasteiger charge is -2.34. The van der Waals surface area contributed by atoms with Crippen molar-refractivity contribution in [1.29, 1.82) is 0 Å². The molecule has 1 aliphatic heterocycles. The maximum Gasteiger partial charge on any atom is 0.242 e. The number of amides is 1. The highest BCUT2D eigenvalue weighted by Crippen LogP contribution is 2.27. The standard InChI is InChI=1S/C15H21N5O2/c1-10-9-14(19-22-10)17-15(21)11(2)20-7-4-12(5-8-20)13-3-6-16-18-13/h3,6,9,11-12H,4-5,7-8H2,1-2H3,(H,16,18)(H,17,19,21)/t11-/m1/s1. The lowest BCUT2D eigenvalue weighted by Crippen LogP contribution is -2.45. The third-order valence-electron chi connectivity index (χ3n) is 4.30. The first-order valence-electron chi connectivity index (χ1n) is 7.61. The van der Waals surface area contributed by atoms with Crippen molar-refractivity contribution in [3.63, 3.8) is 0 Å². The molecular formula is C15H21N5O2. The van der Waals surface area contributed by atoms with Crippen LogP contribution >= 0.6 is 0 Å². The number of aromatic nitrogens is 3. The van der Waals surface area contributed by atoms with Crippen LogP contribution in [0.4, 0.5) is 5.82 Å². The Kier molecular flexibility index (Phi) is 4.24. The van der Waals surface area contributed by atoms with Crippen LogP contribution in [0.1, 0.15) is 37.1 Å². The first kappa shape index (κ1) is 14.8. The van der Waals surface area contributed by atoms with E-state index in [1.807, 2.05) is 13.0 Å². The lowest BCUT2D eigenvalue weighted by atomic mass is 9.93. The normalized spacial score (nSPS) is 18.3. The zero-order valence-corrected chi connectivity index (χ0v) is 12.9. The summed E-state index contributed by atoms with van der Waals surface area (Å²) in [7, 11) is 0. The van der Waals surface area contributed by atoms with Crippen molar-refractivity contribution >= 4 is 11.7 Å². The van der Waals surface area contributed by atoms with Crippen LogP contribution in [0.3, 0.4) is 0 Å². The van der Waals surface area contributed by atoms with Gasteiger partial charge in [0.2, 0.25) is 5.91 Å². The maximum atomic E-state index is 12.3. The molecule has 0 aliphatic carbocycles. The molecule has 2 aromatic rings. The van der Waals surface area contributed by atoms with Crippen LogP contribution in [0.5, 0.6) is 0 Å². The van der Waals surface area contributed by atoms with Gasteiger partial charge >= 0.3 is 0 Å². The molecule has 22 heavy (non-hydrogen) atoms. The van der Waals surface area contributed by atoms with E-state index in [1.54, 1.807) is 19.2 Å². The number of likely N-dealkylation sites (tertiary alicyclic amines) is 1. The summed E-state index contributed by atoms with van der Waals surface area (Å²) < 4.78 is 4.96. The minimum Gasteiger partial charge on any atom is -0.360 e. The van der Waals surface area contributed by atoms with Crippen molar-refractivity contribution in [1.82, 2.24) is 20.3 Å². The quantitative estimate of drug-likeness (QED) is 0.901. The SMILES string of the molecule is Cc1cc(NC(=O)[C@@H](C)N2CCC(c3ccn[nH]3)CC2)no1. The minimum absolute atomic E-state index is 0.0479. The van der Waals surface area contributed by atoms with Crippen molar-refractivity contribution in [3.05, 3.63) is 29.8 Å². The van der Waals surface area contributed by atoms with Gasteiger partial charge in [0.25, 0.3) is 0 Å². The predicted molar refractivity (Wildman–Crippen MR) is 81.5 cm³/mol. The highest BCUT2D eigenvalue weighted by atomic mass is 16.5. The Balaban J connectivity index is 1.53. The maximum absolute atomic E-state index is 12.3. The summed E-state index contributed by atoms with van der Waals surface area (Å²) in [5, 5.41) is 13.6. The van der Waals surface area contributed by atoms with Gasteiger partial charge in [0.05, 0.1) is 6.04 Å². The minimum atomic E-state index is -0.181. The van der Waals surface area contributed by atoms with Crippen LogP contribution in [-0.2, 0) is 4.79 Å². The number of piperidine rings is 1. The summed E-state index contributed by atoms with van der Waals surface area (Å²) in [4.78, 5) is 14.5. The van der Waals surface area contributed by atoms with Gasteiger partial charge in [0, 0.05) is 23.9 Å². The second-order valence-electron chi connectivity index (χ2n) is 5.81. The molecule has 3 heterocycles. The number of H-pyrrole nitrogens is 1. The van der Waals surface area contributed by atoms with E-state index in [1.165, 1.54) is 5.69 Å². The molecule has 0 saturated carbocycles. The number of carbonyl (C=O) groups is 1. The average Bonchev–Trinajstić information content (AvgIpc) is 3.18. The zero-order valence-electron chi connectivity index (χ0n) is 12.9. The smallest absolute Gasteiger partial charge is 0.242 e. The van der Waals surface area contributed by atoms with Gasteiger partial charge in [0.15, 0.2) is 5.82 Å². The molecule has 0 aromatic carbocycles. The van der Waals surface area contributed by atoms with Gasteiger partial charge in [-0.15, -0.1) is 0 Å². The van der Waals surface area contributed by atoms with Gasteiger partial charge in [0.1, 0.15) is 5.76 Å². The number of anilines is 1. The van der Waals surface area contributed by atoms with E-state index < -0.39 is 0 Å². The molecule has 3 rings (SSSR count). The number of hydrogen-bond acceptors (Lipinski definition) is 5. The summed E-state index contributed by atoms with van der Waals surface area (Å²) in [6.45, 7) is 5.53. The number of aryl methyl sites for hydroxylation is 1. The fraction of sp³-hybridized carbons (Fsp3) is 0.533. The van der Waals surface area contributed by atoms with Crippen molar-refractivity contribution in [2.75, 3.05) is 18.4 Å². The van der Waals surface area contributed by atoms with E-state index in [0.29, 0.717) is 17.5 Å². The molecule has 1 atom stereocenters. The third kappa shape index (κ3) is 3.19. The fourth-order valence-electron chi connectivity index (χ4n) is 2.91. The van der Waals surface area contributed by atoms with Crippen LogP contribution in [0, 0.1) is 6.92 Å². The Morgan fingerprint density at radius 3 is 2.86 bits per heavy atom. The third-order valence-corrected chi connectivity index (χ3v) is 4.30. The van der Waals surface area contributed by atoms with E-state index in [-0.39, 0.29) is 11.9 Å². The van der Waals surface area contributed by atoms with E-state index in [2.05, 4.69) is 25.6 Å². The Morgan fingerprint density at radius 1 is 1.50 bits per heavy atom. The Labute approximate surface area is 129 Å². The molecule has 0 radical (unpaired) electrons. The van der Waals surface area contributed by atoms with Gasteiger partial charge < -0.3 is 9.84 Å². The van der Waals surface area contributed by atoms with Crippen LogP contribution in [-0.4, -0.2) is 45.3 Å². The van der Waals surface area contributed by atoms with Crippen molar-refractivity contribution in [2.24, 2.45) is 0 Å². The van der Waals surface area contributed by atoms with E-state index in [4.69, 9.17) is 4.52 Å². The summed E-state index contributed by atoms with van der Waals surface area (Å²) in [6, 6.07) is 3.57. The summed E-state index contributed by atoms with van der Waals surface area (Å²) >= 11 is 0. The number of aromatic amines is 1. The van der Waals surface area contributed by atoms with Gasteiger partial charge in [-0.25, -0.2) is 0 Å². The molecule has 118 valence electrons. The Morgan fingerprint density at radius 2 is 2.27 bits per heavy atom. The van der Waals surface area contributed by atoms with Crippen LogP contribution in [0.2, 0.25) is 0 Å². The molecule has 1 amide bonds. The molecule has 1 aliphatic rings. The first-order valence-corrected chi connectivity index (χ1v) is 7.61. The molecule has 0 unspecified atom stereocenters. The lowest BCUT2D eigenvalue weighted by molar-refractivity contribution is -0.121. The zero-order chi connectivity index (χ0) is 15.5. The van der Waals surface area contributed by atoms with Gasteiger partial charge in [-0.3, -0.25) is 14.8 Å². The Bertz CT molecular complexity index is 614. The topological polar surface area (TPSA) is 87.0 Å². The van der Waals surface area contributed by atoms with Crippen LogP contribution in [0.25, 0.3) is 0 Å². The second-order valence-corrected chi connectivity index (χ2v) is 5.81. The summed E-state index contributed by atoms with van der Waals surface area (Å²) in [6.07, 6.45) is 3.85. The summed E-state index contributed by atoms with van der Waals surface area (Å²) in [5.74, 6) is 1.62. The molecular weight excluding hydrogens is 282 g/mol. The highest BCUT2D eigenvalue weighted by molar-refractivity contribution is 5.93. The highest BCUT2D eigenvalue weighted by Gasteiger charge is 2.28. The number of nitrogens with zero attached hydrogens (tertiary/aromatic N) is 3. The molecule has 1 saturated heterocycles. The van der Waals surface area contributed by atoms with Gasteiger partial charge in [-0.05, 0) is 45.8 Å². The van der Waals surface area contributed by atoms with Crippen molar-refractivity contribution in [3.8, 4) is 0 Å². The van der Waals surface area contributed by atoms with E-state index in [9.17, 15) is 4.79 Å². The summed E-state index contributed by atoms with van der Waals surface area (Å²) in [5.41, 5.74) is 1.19. The average molecular weight is 303 g/mol. The van der Waals surface area contributed by atoms with E-state index in [0.717, 1.165) is 25.9 Å². The fourth-order valence-corrected chi connectivity index (χ4v) is 2.91.